The molecule has 2 atom stereocenters. The number of rotatable bonds is 4. The van der Waals surface area contributed by atoms with E-state index in [4.69, 9.17) is 9.72 Å². The number of carbonyl (C=O) groups excluding carboxylic acids is 1. The lowest BCUT2D eigenvalue weighted by molar-refractivity contribution is -0.116. The molecule has 8 heteroatoms. The lowest BCUT2D eigenvalue weighted by Crippen LogP contribution is -2.40. The monoisotopic (exact) mass is 378 g/mol. The van der Waals surface area contributed by atoms with E-state index in [0.717, 1.165) is 42.5 Å². The summed E-state index contributed by atoms with van der Waals surface area (Å²) in [5.74, 6) is 5.47. The van der Waals surface area contributed by atoms with E-state index in [9.17, 15) is 4.79 Å². The van der Waals surface area contributed by atoms with Gasteiger partial charge in [0.15, 0.2) is 0 Å². The maximum atomic E-state index is 11.8. The van der Waals surface area contributed by atoms with Gasteiger partial charge in [0.25, 0.3) is 5.91 Å². The van der Waals surface area contributed by atoms with E-state index in [1.165, 1.54) is 0 Å². The topological polar surface area (TPSA) is 86.3 Å². The number of hydrogen-bond acceptors (Lipinski definition) is 5. The molecule has 1 fully saturated rings. The van der Waals surface area contributed by atoms with Crippen molar-refractivity contribution >= 4 is 11.4 Å². The molecule has 1 saturated carbocycles. The van der Waals surface area contributed by atoms with Crippen molar-refractivity contribution in [2.24, 2.45) is 7.05 Å². The Morgan fingerprint density at radius 2 is 2.21 bits per heavy atom. The highest BCUT2D eigenvalue weighted by molar-refractivity contribution is 5.93. The van der Waals surface area contributed by atoms with Gasteiger partial charge in [0, 0.05) is 31.3 Å². The predicted molar refractivity (Wildman–Crippen MR) is 103 cm³/mol. The first kappa shape index (κ1) is 18.0. The fraction of sp³-hybridized carbons (Fsp3) is 0.400. The van der Waals surface area contributed by atoms with E-state index < -0.39 is 0 Å². The predicted octanol–water partition coefficient (Wildman–Crippen LogP) is 1.96. The second-order valence-electron chi connectivity index (χ2n) is 6.95. The van der Waals surface area contributed by atoms with E-state index in [0.29, 0.717) is 5.88 Å². The average Bonchev–Trinajstić information content (AvgIpc) is 3.31. The van der Waals surface area contributed by atoms with Crippen molar-refractivity contribution in [3.8, 4) is 29.0 Å². The molecular formula is C20H22N6O2. The number of fused-ring (bicyclic) bond motifs is 1. The van der Waals surface area contributed by atoms with Crippen LogP contribution in [0.15, 0.2) is 30.9 Å². The van der Waals surface area contributed by atoms with Crippen molar-refractivity contribution in [2.75, 3.05) is 0 Å². The normalized spacial score (nSPS) is 19.1. The molecule has 144 valence electrons. The number of carbonyl (C=O) groups is 1. The van der Waals surface area contributed by atoms with Crippen LogP contribution in [0.3, 0.4) is 0 Å². The maximum Gasteiger partial charge on any atom is 0.296 e. The van der Waals surface area contributed by atoms with E-state index in [2.05, 4.69) is 27.4 Å². The number of ether oxygens (including phenoxy) is 1. The molecule has 0 radical (unpaired) electrons. The number of aromatic nitrogens is 5. The van der Waals surface area contributed by atoms with Gasteiger partial charge >= 0.3 is 0 Å². The van der Waals surface area contributed by atoms with Gasteiger partial charge in [-0.05, 0) is 38.2 Å². The SMILES string of the molecule is CC#CC(=O)N[C@H]1CCC[C@@H](Oc2nc(-c3cnn(C)c3)cn3nccc23)C1. The summed E-state index contributed by atoms with van der Waals surface area (Å²) in [6.45, 7) is 1.66. The Morgan fingerprint density at radius 1 is 1.32 bits per heavy atom. The molecule has 0 spiro atoms. The van der Waals surface area contributed by atoms with Crippen LogP contribution >= 0.6 is 0 Å². The second-order valence-corrected chi connectivity index (χ2v) is 6.95. The Morgan fingerprint density at radius 3 is 3.00 bits per heavy atom. The smallest absolute Gasteiger partial charge is 0.296 e. The van der Waals surface area contributed by atoms with Crippen molar-refractivity contribution in [3.05, 3.63) is 30.9 Å². The summed E-state index contributed by atoms with van der Waals surface area (Å²) in [4.78, 5) is 16.5. The van der Waals surface area contributed by atoms with Crippen molar-refractivity contribution in [2.45, 2.75) is 44.8 Å². The molecule has 3 aromatic rings. The molecular weight excluding hydrogens is 356 g/mol. The third kappa shape index (κ3) is 3.83. The average molecular weight is 378 g/mol. The first-order valence-corrected chi connectivity index (χ1v) is 9.35. The highest BCUT2D eigenvalue weighted by Gasteiger charge is 2.25. The van der Waals surface area contributed by atoms with Gasteiger partial charge in [-0.15, -0.1) is 0 Å². The van der Waals surface area contributed by atoms with Gasteiger partial charge in [-0.3, -0.25) is 9.48 Å². The zero-order valence-electron chi connectivity index (χ0n) is 15.9. The quantitative estimate of drug-likeness (QED) is 0.702. The first-order chi connectivity index (χ1) is 13.6. The zero-order chi connectivity index (χ0) is 19.5. The molecule has 1 N–H and O–H groups in total. The fourth-order valence-corrected chi connectivity index (χ4v) is 3.55. The number of nitrogens with one attached hydrogen (secondary N) is 1. The number of nitrogens with zero attached hydrogens (tertiary/aromatic N) is 5. The molecule has 1 aliphatic rings. The molecule has 1 aliphatic carbocycles. The third-order valence-electron chi connectivity index (χ3n) is 4.83. The summed E-state index contributed by atoms with van der Waals surface area (Å²) in [6, 6.07) is 1.95. The molecule has 28 heavy (non-hydrogen) atoms. The van der Waals surface area contributed by atoms with E-state index in [-0.39, 0.29) is 18.1 Å². The summed E-state index contributed by atoms with van der Waals surface area (Å²) in [7, 11) is 1.87. The summed E-state index contributed by atoms with van der Waals surface area (Å²) >= 11 is 0. The molecule has 0 bridgehead atoms. The van der Waals surface area contributed by atoms with E-state index in [1.54, 1.807) is 28.5 Å². The Hall–Kier alpha value is -3.34. The molecule has 3 aromatic heterocycles. The summed E-state index contributed by atoms with van der Waals surface area (Å²) in [6.07, 6.45) is 10.8. The van der Waals surface area contributed by atoms with Gasteiger partial charge in [-0.25, -0.2) is 9.50 Å². The Kier molecular flexibility index (Phi) is 4.98. The molecule has 0 saturated heterocycles. The number of aryl methyl sites for hydroxylation is 1. The summed E-state index contributed by atoms with van der Waals surface area (Å²) in [5.41, 5.74) is 2.46. The largest absolute Gasteiger partial charge is 0.473 e. The minimum absolute atomic E-state index is 0.0241. The van der Waals surface area contributed by atoms with Crippen molar-refractivity contribution in [1.82, 2.24) is 29.7 Å². The lowest BCUT2D eigenvalue weighted by Gasteiger charge is -2.29. The molecule has 4 rings (SSSR count). The van der Waals surface area contributed by atoms with Crippen LogP contribution in [0.5, 0.6) is 5.88 Å². The van der Waals surface area contributed by atoms with E-state index in [1.807, 2.05) is 25.5 Å². The van der Waals surface area contributed by atoms with Gasteiger partial charge in [0.05, 0.1) is 24.3 Å². The van der Waals surface area contributed by atoms with Crippen molar-refractivity contribution < 1.29 is 9.53 Å². The minimum atomic E-state index is -0.233. The number of hydrogen-bond donors (Lipinski definition) is 1. The van der Waals surface area contributed by atoms with Gasteiger partial charge < -0.3 is 10.1 Å². The molecule has 8 nitrogen and oxygen atoms in total. The first-order valence-electron chi connectivity index (χ1n) is 9.35. The standard InChI is InChI=1S/C20H22N6O2/c1-3-5-19(27)23-15-6-4-7-16(10-15)28-20-18-8-9-21-26(18)13-17(24-20)14-11-22-25(2)12-14/h8-9,11-13,15-16H,4,6-7,10H2,1-2H3,(H,23,27)/t15-,16+/m0/s1. The van der Waals surface area contributed by atoms with Crippen LogP contribution in [-0.2, 0) is 11.8 Å². The van der Waals surface area contributed by atoms with Crippen LogP contribution < -0.4 is 10.1 Å². The maximum absolute atomic E-state index is 11.8. The van der Waals surface area contributed by atoms with Crippen molar-refractivity contribution in [3.63, 3.8) is 0 Å². The summed E-state index contributed by atoms with van der Waals surface area (Å²) < 4.78 is 9.78. The molecule has 0 unspecified atom stereocenters. The van der Waals surface area contributed by atoms with Crippen molar-refractivity contribution in [1.29, 1.82) is 0 Å². The Bertz CT molecular complexity index is 1060. The molecule has 0 aliphatic heterocycles. The van der Waals surface area contributed by atoms with E-state index >= 15 is 0 Å². The van der Waals surface area contributed by atoms with Gasteiger partial charge in [0.1, 0.15) is 11.6 Å². The number of amides is 1. The molecule has 3 heterocycles. The molecule has 1 amide bonds. The van der Waals surface area contributed by atoms with Crippen LogP contribution in [-0.4, -0.2) is 42.4 Å². The van der Waals surface area contributed by atoms with Crippen LogP contribution in [0.4, 0.5) is 0 Å². The minimum Gasteiger partial charge on any atom is -0.473 e. The fourth-order valence-electron chi connectivity index (χ4n) is 3.55. The van der Waals surface area contributed by atoms with Crippen LogP contribution in [0, 0.1) is 11.8 Å². The third-order valence-corrected chi connectivity index (χ3v) is 4.83. The highest BCUT2D eigenvalue weighted by Crippen LogP contribution is 2.28. The van der Waals surface area contributed by atoms with Crippen LogP contribution in [0.1, 0.15) is 32.6 Å². The van der Waals surface area contributed by atoms with Crippen LogP contribution in [0.2, 0.25) is 0 Å². The van der Waals surface area contributed by atoms with Gasteiger partial charge in [-0.2, -0.15) is 10.2 Å². The highest BCUT2D eigenvalue weighted by atomic mass is 16.5. The van der Waals surface area contributed by atoms with Crippen LogP contribution in [0.25, 0.3) is 16.8 Å². The molecule has 0 aromatic carbocycles. The van der Waals surface area contributed by atoms with Gasteiger partial charge in [0.2, 0.25) is 5.88 Å². The lowest BCUT2D eigenvalue weighted by atomic mass is 9.93. The zero-order valence-corrected chi connectivity index (χ0v) is 15.9. The second kappa shape index (κ2) is 7.72. The summed E-state index contributed by atoms with van der Waals surface area (Å²) in [5, 5.41) is 11.5. The van der Waals surface area contributed by atoms with Gasteiger partial charge in [-0.1, -0.05) is 5.92 Å². The Balaban J connectivity index is 1.56. The Labute approximate surface area is 162 Å².